The van der Waals surface area contributed by atoms with E-state index in [9.17, 15) is 9.59 Å². The monoisotopic (exact) mass is 215 g/mol. The zero-order valence-corrected chi connectivity index (χ0v) is 10.4. The van der Waals surface area contributed by atoms with E-state index in [0.29, 0.717) is 0 Å². The van der Waals surface area contributed by atoms with Crippen LogP contribution in [0.15, 0.2) is 0 Å². The normalized spacial score (nSPS) is 13.5. The van der Waals surface area contributed by atoms with E-state index in [1.165, 1.54) is 7.11 Å². The predicted molar refractivity (Wildman–Crippen MR) is 58.2 cm³/mol. The van der Waals surface area contributed by atoms with Gasteiger partial charge in [-0.2, -0.15) is 0 Å². The molecule has 0 spiro atoms. The highest BCUT2D eigenvalue weighted by Gasteiger charge is 2.29. The van der Waals surface area contributed by atoms with Gasteiger partial charge >= 0.3 is 5.97 Å². The average Bonchev–Trinajstić information content (AvgIpc) is 2.10. The van der Waals surface area contributed by atoms with E-state index in [1.54, 1.807) is 20.8 Å². The molecule has 0 saturated heterocycles. The first kappa shape index (κ1) is 13.9. The molecule has 0 rings (SSSR count). The maximum atomic E-state index is 11.7. The van der Waals surface area contributed by atoms with E-state index in [-0.39, 0.29) is 11.8 Å². The van der Waals surface area contributed by atoms with E-state index in [2.05, 4.69) is 10.1 Å². The lowest BCUT2D eigenvalue weighted by atomic mass is 9.94. The van der Waals surface area contributed by atoms with Crippen molar-refractivity contribution in [3.63, 3.8) is 0 Å². The van der Waals surface area contributed by atoms with Crippen molar-refractivity contribution >= 4 is 11.9 Å². The third-order valence-corrected chi connectivity index (χ3v) is 2.09. The Morgan fingerprint density at radius 3 is 1.93 bits per heavy atom. The summed E-state index contributed by atoms with van der Waals surface area (Å²) in [6.07, 6.45) is 0. The summed E-state index contributed by atoms with van der Waals surface area (Å²) in [4.78, 5) is 23.1. The van der Waals surface area contributed by atoms with Gasteiger partial charge in [-0.3, -0.25) is 4.79 Å². The van der Waals surface area contributed by atoms with Crippen molar-refractivity contribution in [1.29, 1.82) is 0 Å². The molecule has 0 heterocycles. The number of ether oxygens (including phenoxy) is 1. The van der Waals surface area contributed by atoms with Crippen LogP contribution in [0.5, 0.6) is 0 Å². The van der Waals surface area contributed by atoms with Crippen LogP contribution in [0.1, 0.15) is 34.6 Å². The lowest BCUT2D eigenvalue weighted by Gasteiger charge is -2.24. The Morgan fingerprint density at radius 1 is 1.20 bits per heavy atom. The third-order valence-electron chi connectivity index (χ3n) is 2.09. The van der Waals surface area contributed by atoms with Crippen LogP contribution >= 0.6 is 0 Å². The van der Waals surface area contributed by atoms with Crippen LogP contribution in [0.2, 0.25) is 0 Å². The van der Waals surface area contributed by atoms with Crippen LogP contribution < -0.4 is 5.32 Å². The number of hydrogen-bond donors (Lipinski definition) is 1. The molecule has 4 nitrogen and oxygen atoms in total. The molecule has 0 aliphatic heterocycles. The maximum absolute atomic E-state index is 11.7. The molecule has 1 N–H and O–H groups in total. The van der Waals surface area contributed by atoms with Crippen molar-refractivity contribution in [2.24, 2.45) is 11.3 Å². The molecule has 1 unspecified atom stereocenters. The minimum absolute atomic E-state index is 0.0174. The zero-order chi connectivity index (χ0) is 12.2. The largest absolute Gasteiger partial charge is 0.467 e. The van der Waals surface area contributed by atoms with Gasteiger partial charge in [-0.25, -0.2) is 4.79 Å². The number of rotatable bonds is 3. The highest BCUT2D eigenvalue weighted by atomic mass is 16.5. The van der Waals surface area contributed by atoms with Gasteiger partial charge in [0, 0.05) is 5.41 Å². The molecule has 4 heteroatoms. The summed E-state index contributed by atoms with van der Waals surface area (Å²) >= 11 is 0. The molecule has 0 saturated carbocycles. The molecule has 0 aromatic rings. The maximum Gasteiger partial charge on any atom is 0.328 e. The minimum Gasteiger partial charge on any atom is -0.467 e. The molecule has 0 aromatic carbocycles. The lowest BCUT2D eigenvalue weighted by molar-refractivity contribution is -0.147. The van der Waals surface area contributed by atoms with Crippen molar-refractivity contribution in [3.05, 3.63) is 0 Å². The van der Waals surface area contributed by atoms with Gasteiger partial charge in [-0.05, 0) is 5.92 Å². The second-order valence-electron chi connectivity index (χ2n) is 4.97. The van der Waals surface area contributed by atoms with E-state index in [4.69, 9.17) is 0 Å². The Morgan fingerprint density at radius 2 is 1.67 bits per heavy atom. The summed E-state index contributed by atoms with van der Waals surface area (Å²) in [6.45, 7) is 9.14. The number of carbonyl (C=O) groups excluding carboxylic acids is 2. The Labute approximate surface area is 91.4 Å². The van der Waals surface area contributed by atoms with Crippen LogP contribution in [0.25, 0.3) is 0 Å². The Kier molecular flexibility index (Phi) is 4.78. The molecule has 0 fully saturated rings. The van der Waals surface area contributed by atoms with Gasteiger partial charge in [-0.1, -0.05) is 34.6 Å². The smallest absolute Gasteiger partial charge is 0.328 e. The summed E-state index contributed by atoms with van der Waals surface area (Å²) in [5.41, 5.74) is -0.499. The Balaban J connectivity index is 4.57. The first-order chi connectivity index (χ1) is 6.70. The summed E-state index contributed by atoms with van der Waals surface area (Å²) < 4.78 is 4.63. The van der Waals surface area contributed by atoms with E-state index in [1.807, 2.05) is 13.8 Å². The van der Waals surface area contributed by atoms with Gasteiger partial charge in [0.2, 0.25) is 5.91 Å². The summed E-state index contributed by atoms with van der Waals surface area (Å²) in [5, 5.41) is 2.69. The first-order valence-corrected chi connectivity index (χ1v) is 5.09. The molecule has 0 bridgehead atoms. The lowest BCUT2D eigenvalue weighted by Crippen LogP contribution is -2.48. The number of carbonyl (C=O) groups is 2. The second-order valence-corrected chi connectivity index (χ2v) is 4.97. The number of hydrogen-bond acceptors (Lipinski definition) is 3. The molecule has 0 aromatic heterocycles. The van der Waals surface area contributed by atoms with Gasteiger partial charge in [0.1, 0.15) is 6.04 Å². The van der Waals surface area contributed by atoms with E-state index in [0.717, 1.165) is 0 Å². The van der Waals surface area contributed by atoms with Gasteiger partial charge in [0.25, 0.3) is 0 Å². The minimum atomic E-state index is -0.568. The molecule has 15 heavy (non-hydrogen) atoms. The molecule has 1 amide bonds. The van der Waals surface area contributed by atoms with Crippen LogP contribution in [0.4, 0.5) is 0 Å². The fourth-order valence-corrected chi connectivity index (χ4v) is 0.982. The Hall–Kier alpha value is -1.06. The fraction of sp³-hybridized carbons (Fsp3) is 0.818. The molecule has 88 valence electrons. The van der Waals surface area contributed by atoms with Gasteiger partial charge in [0.05, 0.1) is 7.11 Å². The topological polar surface area (TPSA) is 55.4 Å². The molecule has 1 atom stereocenters. The first-order valence-electron chi connectivity index (χ1n) is 5.09. The highest BCUT2D eigenvalue weighted by molar-refractivity contribution is 5.87. The van der Waals surface area contributed by atoms with Gasteiger partial charge < -0.3 is 10.1 Å². The standard InChI is InChI=1S/C11H21NO3/c1-7(2)8(9(13)15-6)12-10(14)11(3,4)5/h7-8H,1-6H3,(H,12,14). The zero-order valence-electron chi connectivity index (χ0n) is 10.4. The molecule has 0 aliphatic carbocycles. The number of amides is 1. The number of methoxy groups -OCH3 is 1. The van der Waals surface area contributed by atoms with Crippen molar-refractivity contribution in [2.75, 3.05) is 7.11 Å². The quantitative estimate of drug-likeness (QED) is 0.723. The SMILES string of the molecule is COC(=O)C(NC(=O)C(C)(C)C)C(C)C. The summed E-state index contributed by atoms with van der Waals surface area (Å²) in [6, 6.07) is -0.568. The number of nitrogens with one attached hydrogen (secondary N) is 1. The van der Waals surface area contributed by atoms with Crippen molar-refractivity contribution in [2.45, 2.75) is 40.7 Å². The van der Waals surface area contributed by atoms with Crippen molar-refractivity contribution < 1.29 is 14.3 Å². The molecular weight excluding hydrogens is 194 g/mol. The Bertz CT molecular complexity index is 241. The summed E-state index contributed by atoms with van der Waals surface area (Å²) in [5.74, 6) is -0.530. The van der Waals surface area contributed by atoms with Crippen LogP contribution in [-0.4, -0.2) is 25.0 Å². The van der Waals surface area contributed by atoms with E-state index >= 15 is 0 Å². The molecule has 0 radical (unpaired) electrons. The van der Waals surface area contributed by atoms with Crippen molar-refractivity contribution in [1.82, 2.24) is 5.32 Å². The third kappa shape index (κ3) is 4.32. The van der Waals surface area contributed by atoms with Gasteiger partial charge in [-0.15, -0.1) is 0 Å². The van der Waals surface area contributed by atoms with Crippen LogP contribution in [0, 0.1) is 11.3 Å². The molecular formula is C11H21NO3. The van der Waals surface area contributed by atoms with Gasteiger partial charge in [0.15, 0.2) is 0 Å². The van der Waals surface area contributed by atoms with E-state index < -0.39 is 17.4 Å². The van der Waals surface area contributed by atoms with Crippen molar-refractivity contribution in [3.8, 4) is 0 Å². The van der Waals surface area contributed by atoms with Crippen LogP contribution in [-0.2, 0) is 14.3 Å². The predicted octanol–water partition coefficient (Wildman–Crippen LogP) is 1.35. The second kappa shape index (κ2) is 5.14. The molecule has 0 aliphatic rings. The fourth-order valence-electron chi connectivity index (χ4n) is 0.982. The summed E-state index contributed by atoms with van der Waals surface area (Å²) in [7, 11) is 1.32. The van der Waals surface area contributed by atoms with Crippen LogP contribution in [0.3, 0.4) is 0 Å². The average molecular weight is 215 g/mol. The highest BCUT2D eigenvalue weighted by Crippen LogP contribution is 2.14. The number of esters is 1.